The van der Waals surface area contributed by atoms with Crippen LogP contribution in [0.4, 0.5) is 14.9 Å². The van der Waals surface area contributed by atoms with E-state index in [0.717, 1.165) is 12.1 Å². The van der Waals surface area contributed by atoms with Crippen molar-refractivity contribution in [2.45, 2.75) is 0 Å². The monoisotopic (exact) mass is 268 g/mol. The second kappa shape index (κ2) is 6.58. The molecule has 0 aliphatic rings. The van der Waals surface area contributed by atoms with Gasteiger partial charge in [0.25, 0.3) is 5.91 Å². The van der Waals surface area contributed by atoms with E-state index in [1.807, 2.05) is 0 Å². The van der Waals surface area contributed by atoms with E-state index in [0.29, 0.717) is 0 Å². The lowest BCUT2D eigenvalue weighted by molar-refractivity contribution is 0.0953. The Hall–Kier alpha value is -2.31. The molecule has 0 unspecified atom stereocenters. The van der Waals surface area contributed by atoms with Gasteiger partial charge in [-0.1, -0.05) is 0 Å². The van der Waals surface area contributed by atoms with Crippen LogP contribution in [0.25, 0.3) is 0 Å². The fourth-order valence-corrected chi connectivity index (χ4v) is 1.35. The number of amides is 3. The molecular weight excluding hydrogens is 251 g/mol. The molecule has 0 spiro atoms. The van der Waals surface area contributed by atoms with Crippen LogP contribution in [0, 0.1) is 5.82 Å². The minimum atomic E-state index is -0.564. The predicted octanol–water partition coefficient (Wildman–Crippen LogP) is 0.409. The molecule has 0 aromatic heterocycles. The Labute approximate surface area is 110 Å². The van der Waals surface area contributed by atoms with Gasteiger partial charge in [0.15, 0.2) is 0 Å². The minimum Gasteiger partial charge on any atom is -0.399 e. The Kier molecular flexibility index (Phi) is 5.11. The van der Waals surface area contributed by atoms with Gasteiger partial charge in [0.05, 0.1) is 0 Å². The normalized spacial score (nSPS) is 9.84. The van der Waals surface area contributed by atoms with Crippen LogP contribution < -0.4 is 16.4 Å². The van der Waals surface area contributed by atoms with Crippen molar-refractivity contribution >= 4 is 17.6 Å². The summed E-state index contributed by atoms with van der Waals surface area (Å²) in [7, 11) is 3.23. The first-order chi connectivity index (χ1) is 8.90. The second-order valence-electron chi connectivity index (χ2n) is 4.16. The molecule has 0 saturated carbocycles. The molecule has 6 nitrogen and oxygen atoms in total. The number of halogens is 1. The van der Waals surface area contributed by atoms with Crippen molar-refractivity contribution in [1.29, 1.82) is 0 Å². The van der Waals surface area contributed by atoms with Crippen molar-refractivity contribution in [3.8, 4) is 0 Å². The number of rotatable bonds is 4. The zero-order valence-corrected chi connectivity index (χ0v) is 10.9. The molecule has 0 fully saturated rings. The highest BCUT2D eigenvalue weighted by Crippen LogP contribution is 2.10. The molecule has 1 aromatic carbocycles. The number of nitrogens with two attached hydrogens (primary N) is 1. The van der Waals surface area contributed by atoms with Gasteiger partial charge in [-0.3, -0.25) is 4.79 Å². The van der Waals surface area contributed by atoms with E-state index in [-0.39, 0.29) is 30.4 Å². The Balaban J connectivity index is 2.41. The molecule has 3 amide bonds. The van der Waals surface area contributed by atoms with E-state index in [1.165, 1.54) is 11.0 Å². The van der Waals surface area contributed by atoms with Crippen LogP contribution in [0.15, 0.2) is 18.2 Å². The molecule has 4 N–H and O–H groups in total. The Morgan fingerprint density at radius 2 is 1.84 bits per heavy atom. The number of urea groups is 1. The molecule has 0 aliphatic carbocycles. The van der Waals surface area contributed by atoms with Gasteiger partial charge >= 0.3 is 6.03 Å². The maximum atomic E-state index is 13.0. The number of nitrogens with zero attached hydrogens (tertiary/aromatic N) is 1. The summed E-state index contributed by atoms with van der Waals surface area (Å²) in [6.07, 6.45) is 0. The van der Waals surface area contributed by atoms with E-state index < -0.39 is 11.7 Å². The van der Waals surface area contributed by atoms with Gasteiger partial charge in [-0.25, -0.2) is 9.18 Å². The summed E-state index contributed by atoms with van der Waals surface area (Å²) in [5.74, 6) is -1.00. The number of nitrogens with one attached hydrogen (secondary N) is 2. The maximum Gasteiger partial charge on any atom is 0.316 e. The van der Waals surface area contributed by atoms with Crippen molar-refractivity contribution in [3.63, 3.8) is 0 Å². The smallest absolute Gasteiger partial charge is 0.316 e. The van der Waals surface area contributed by atoms with E-state index in [9.17, 15) is 14.0 Å². The second-order valence-corrected chi connectivity index (χ2v) is 4.16. The summed E-state index contributed by atoms with van der Waals surface area (Å²) in [5.41, 5.74) is 5.78. The first-order valence-electron chi connectivity index (χ1n) is 5.69. The van der Waals surface area contributed by atoms with Crippen molar-refractivity contribution in [3.05, 3.63) is 29.6 Å². The van der Waals surface area contributed by atoms with Crippen LogP contribution in [0.2, 0.25) is 0 Å². The third kappa shape index (κ3) is 4.82. The first-order valence-corrected chi connectivity index (χ1v) is 5.69. The van der Waals surface area contributed by atoms with E-state index >= 15 is 0 Å². The van der Waals surface area contributed by atoms with Crippen LogP contribution in [0.3, 0.4) is 0 Å². The molecule has 0 radical (unpaired) electrons. The number of benzene rings is 1. The lowest BCUT2D eigenvalue weighted by atomic mass is 10.2. The van der Waals surface area contributed by atoms with Crippen LogP contribution in [-0.2, 0) is 0 Å². The van der Waals surface area contributed by atoms with Gasteiger partial charge in [0, 0.05) is 38.4 Å². The van der Waals surface area contributed by atoms with Crippen LogP contribution in [0.1, 0.15) is 10.4 Å². The zero-order chi connectivity index (χ0) is 14.4. The molecule has 7 heteroatoms. The van der Waals surface area contributed by atoms with Crippen molar-refractivity contribution < 1.29 is 14.0 Å². The molecule has 0 bridgehead atoms. The molecule has 1 rings (SSSR count). The Morgan fingerprint density at radius 3 is 2.42 bits per heavy atom. The standard InChI is InChI=1S/C12H17FN4O2/c1-17(2)12(19)16-4-3-15-11(18)8-5-9(13)7-10(14)6-8/h5-7H,3-4,14H2,1-2H3,(H,15,18)(H,16,19). The SMILES string of the molecule is CN(C)C(=O)NCCNC(=O)c1cc(N)cc(F)c1. The van der Waals surface area contributed by atoms with Crippen LogP contribution >= 0.6 is 0 Å². The van der Waals surface area contributed by atoms with E-state index in [4.69, 9.17) is 5.73 Å². The number of hydrogen-bond acceptors (Lipinski definition) is 3. The Morgan fingerprint density at radius 1 is 1.21 bits per heavy atom. The highest BCUT2D eigenvalue weighted by molar-refractivity contribution is 5.95. The third-order valence-corrected chi connectivity index (χ3v) is 2.28. The van der Waals surface area contributed by atoms with Crippen molar-refractivity contribution in [2.24, 2.45) is 0 Å². The lowest BCUT2D eigenvalue weighted by Gasteiger charge is -2.12. The average molecular weight is 268 g/mol. The molecule has 0 saturated heterocycles. The molecule has 0 aliphatic heterocycles. The zero-order valence-electron chi connectivity index (χ0n) is 10.9. The summed E-state index contributed by atoms with van der Waals surface area (Å²) in [6, 6.07) is 3.37. The highest BCUT2D eigenvalue weighted by atomic mass is 19.1. The van der Waals surface area contributed by atoms with Crippen LogP contribution in [-0.4, -0.2) is 44.0 Å². The summed E-state index contributed by atoms with van der Waals surface area (Å²) < 4.78 is 13.0. The molecule has 1 aromatic rings. The molecule has 0 heterocycles. The van der Waals surface area contributed by atoms with Crippen molar-refractivity contribution in [1.82, 2.24) is 15.5 Å². The number of nitrogen functional groups attached to an aromatic ring is 1. The summed E-state index contributed by atoms with van der Waals surface area (Å²) in [5, 5.41) is 5.14. The Bertz CT molecular complexity index is 457. The quantitative estimate of drug-likeness (QED) is 0.546. The number of hydrogen-bond donors (Lipinski definition) is 3. The molecule has 19 heavy (non-hydrogen) atoms. The number of anilines is 1. The van der Waals surface area contributed by atoms with Gasteiger partial charge < -0.3 is 21.3 Å². The topological polar surface area (TPSA) is 87.5 Å². The molecule has 0 atom stereocenters. The van der Waals surface area contributed by atoms with Gasteiger partial charge in [0.1, 0.15) is 5.82 Å². The maximum absolute atomic E-state index is 13.0. The lowest BCUT2D eigenvalue weighted by Crippen LogP contribution is -2.39. The number of carbonyl (C=O) groups is 2. The molecule has 104 valence electrons. The minimum absolute atomic E-state index is 0.149. The summed E-state index contributed by atoms with van der Waals surface area (Å²) in [4.78, 5) is 24.2. The highest BCUT2D eigenvalue weighted by Gasteiger charge is 2.08. The van der Waals surface area contributed by atoms with E-state index in [1.54, 1.807) is 14.1 Å². The predicted molar refractivity (Wildman–Crippen MR) is 70.2 cm³/mol. The van der Waals surface area contributed by atoms with Gasteiger partial charge in [0.2, 0.25) is 0 Å². The summed E-state index contributed by atoms with van der Waals surface area (Å²) >= 11 is 0. The third-order valence-electron chi connectivity index (χ3n) is 2.28. The van der Waals surface area contributed by atoms with Gasteiger partial charge in [-0.05, 0) is 18.2 Å². The number of carbonyl (C=O) groups excluding carboxylic acids is 2. The van der Waals surface area contributed by atoms with E-state index in [2.05, 4.69) is 10.6 Å². The fraction of sp³-hybridized carbons (Fsp3) is 0.333. The van der Waals surface area contributed by atoms with Crippen molar-refractivity contribution in [2.75, 3.05) is 32.9 Å². The fourth-order valence-electron chi connectivity index (χ4n) is 1.35. The average Bonchev–Trinajstić information content (AvgIpc) is 2.32. The van der Waals surface area contributed by atoms with Gasteiger partial charge in [-0.2, -0.15) is 0 Å². The summed E-state index contributed by atoms with van der Waals surface area (Å²) in [6.45, 7) is 0.530. The van der Waals surface area contributed by atoms with Gasteiger partial charge in [-0.15, -0.1) is 0 Å². The first kappa shape index (κ1) is 14.7. The largest absolute Gasteiger partial charge is 0.399 e. The van der Waals surface area contributed by atoms with Crippen LogP contribution in [0.5, 0.6) is 0 Å². The molecular formula is C12H17FN4O2.